The largest absolute Gasteiger partial charge is 0.355 e. The molecule has 1 N–H and O–H groups in total. The third-order valence-electron chi connectivity index (χ3n) is 5.76. The molecule has 0 spiro atoms. The van der Waals surface area contributed by atoms with Crippen molar-refractivity contribution in [3.8, 4) is 0 Å². The van der Waals surface area contributed by atoms with Gasteiger partial charge in [-0.1, -0.05) is 57.4 Å². The zero-order chi connectivity index (χ0) is 27.2. The van der Waals surface area contributed by atoms with Gasteiger partial charge in [-0.3, -0.25) is 13.9 Å². The third-order valence-corrected chi connectivity index (χ3v) is 8.31. The summed E-state index contributed by atoms with van der Waals surface area (Å²) in [4.78, 5) is 27.9. The van der Waals surface area contributed by atoms with Gasteiger partial charge >= 0.3 is 0 Å². The van der Waals surface area contributed by atoms with Crippen LogP contribution in [0.5, 0.6) is 0 Å². The van der Waals surface area contributed by atoms with Crippen LogP contribution >= 0.6 is 27.5 Å². The van der Waals surface area contributed by atoms with Crippen molar-refractivity contribution in [2.45, 2.75) is 38.3 Å². The fourth-order valence-electron chi connectivity index (χ4n) is 3.71. The van der Waals surface area contributed by atoms with Crippen molar-refractivity contribution in [3.05, 3.63) is 93.4 Å². The van der Waals surface area contributed by atoms with Gasteiger partial charge in [0.1, 0.15) is 12.6 Å². The van der Waals surface area contributed by atoms with Gasteiger partial charge in [0.15, 0.2) is 0 Å². The Hall–Kier alpha value is -2.88. The average molecular weight is 607 g/mol. The molecule has 3 aromatic carbocycles. The maximum Gasteiger partial charge on any atom is 0.264 e. The quantitative estimate of drug-likeness (QED) is 0.346. The van der Waals surface area contributed by atoms with Gasteiger partial charge in [-0.25, -0.2) is 8.42 Å². The summed E-state index contributed by atoms with van der Waals surface area (Å²) >= 11 is 9.51. The standard InChI is InChI=1S/C27H29BrClN3O4S/c1-4-30-27(34)20(3)31(17-21-6-5-7-23(29)16-21)26(33)18-32(24-12-10-22(28)11-13-24)37(35,36)25-14-8-19(2)9-15-25/h5-16,20H,4,17-18H2,1-3H3,(H,30,34)/t20-/m0/s1. The number of nitrogens with one attached hydrogen (secondary N) is 1. The van der Waals surface area contributed by atoms with Crippen LogP contribution in [0.4, 0.5) is 5.69 Å². The molecular formula is C27H29BrClN3O4S. The molecule has 0 saturated heterocycles. The second kappa shape index (κ2) is 12.6. The molecule has 196 valence electrons. The van der Waals surface area contributed by atoms with E-state index in [4.69, 9.17) is 11.6 Å². The number of nitrogens with zero attached hydrogens (tertiary/aromatic N) is 2. The highest BCUT2D eigenvalue weighted by Gasteiger charge is 2.32. The molecule has 0 aliphatic carbocycles. The number of hydrogen-bond acceptors (Lipinski definition) is 4. The van der Waals surface area contributed by atoms with E-state index in [1.165, 1.54) is 17.0 Å². The van der Waals surface area contributed by atoms with E-state index in [2.05, 4.69) is 21.2 Å². The summed E-state index contributed by atoms with van der Waals surface area (Å²) in [5, 5.41) is 3.23. The molecule has 37 heavy (non-hydrogen) atoms. The predicted octanol–water partition coefficient (Wildman–Crippen LogP) is 5.16. The topological polar surface area (TPSA) is 86.8 Å². The molecule has 0 unspecified atom stereocenters. The normalized spacial score (nSPS) is 12.0. The monoisotopic (exact) mass is 605 g/mol. The van der Waals surface area contributed by atoms with E-state index in [0.29, 0.717) is 22.8 Å². The number of carbonyl (C=O) groups excluding carboxylic acids is 2. The van der Waals surface area contributed by atoms with Gasteiger partial charge in [0.05, 0.1) is 10.6 Å². The van der Waals surface area contributed by atoms with Crippen LogP contribution in [0.25, 0.3) is 0 Å². The molecular weight excluding hydrogens is 578 g/mol. The molecule has 0 radical (unpaired) electrons. The molecule has 0 heterocycles. The Morgan fingerprint density at radius 2 is 1.68 bits per heavy atom. The van der Waals surface area contributed by atoms with Crippen molar-refractivity contribution in [1.29, 1.82) is 0 Å². The number of sulfonamides is 1. The number of benzene rings is 3. The number of halogens is 2. The van der Waals surface area contributed by atoms with Crippen LogP contribution in [0.2, 0.25) is 5.02 Å². The second-order valence-corrected chi connectivity index (χ2v) is 11.7. The fourth-order valence-corrected chi connectivity index (χ4v) is 5.60. The second-order valence-electron chi connectivity index (χ2n) is 8.52. The summed E-state index contributed by atoms with van der Waals surface area (Å²) in [5.41, 5.74) is 1.95. The number of amides is 2. The summed E-state index contributed by atoms with van der Waals surface area (Å²) in [6.45, 7) is 5.25. The number of aryl methyl sites for hydroxylation is 1. The highest BCUT2D eigenvalue weighted by atomic mass is 79.9. The summed E-state index contributed by atoms with van der Waals surface area (Å²) in [7, 11) is -4.10. The number of carbonyl (C=O) groups is 2. The maximum absolute atomic E-state index is 13.8. The van der Waals surface area contributed by atoms with E-state index in [1.807, 2.05) is 6.92 Å². The molecule has 3 rings (SSSR count). The van der Waals surface area contributed by atoms with Crippen molar-refractivity contribution < 1.29 is 18.0 Å². The lowest BCUT2D eigenvalue weighted by molar-refractivity contribution is -0.139. The Labute approximate surface area is 231 Å². The van der Waals surface area contributed by atoms with Gasteiger partial charge in [0.2, 0.25) is 11.8 Å². The summed E-state index contributed by atoms with van der Waals surface area (Å²) < 4.78 is 29.3. The number of hydrogen-bond donors (Lipinski definition) is 1. The van der Waals surface area contributed by atoms with Crippen LogP contribution in [0.1, 0.15) is 25.0 Å². The van der Waals surface area contributed by atoms with Crippen molar-refractivity contribution in [3.63, 3.8) is 0 Å². The Morgan fingerprint density at radius 3 is 2.27 bits per heavy atom. The fraction of sp³-hybridized carbons (Fsp3) is 0.259. The molecule has 2 amide bonds. The zero-order valence-electron chi connectivity index (χ0n) is 20.8. The number of likely N-dealkylation sites (N-methyl/N-ethyl adjacent to an activating group) is 1. The molecule has 7 nitrogen and oxygen atoms in total. The van der Waals surface area contributed by atoms with Crippen molar-refractivity contribution in [2.75, 3.05) is 17.4 Å². The first-order valence-electron chi connectivity index (χ1n) is 11.7. The van der Waals surface area contributed by atoms with Gasteiger partial charge in [0.25, 0.3) is 10.0 Å². The molecule has 10 heteroatoms. The van der Waals surface area contributed by atoms with Gasteiger partial charge in [-0.2, -0.15) is 0 Å². The Morgan fingerprint density at radius 1 is 1.03 bits per heavy atom. The minimum absolute atomic E-state index is 0.0620. The lowest BCUT2D eigenvalue weighted by Gasteiger charge is -2.32. The van der Waals surface area contributed by atoms with E-state index in [0.717, 1.165) is 14.3 Å². The smallest absolute Gasteiger partial charge is 0.264 e. The van der Waals surface area contributed by atoms with E-state index < -0.39 is 28.5 Å². The molecule has 0 aromatic heterocycles. The third kappa shape index (κ3) is 7.34. The minimum Gasteiger partial charge on any atom is -0.355 e. The molecule has 0 saturated carbocycles. The minimum atomic E-state index is -4.10. The van der Waals surface area contributed by atoms with Gasteiger partial charge in [0, 0.05) is 22.6 Å². The highest BCUT2D eigenvalue weighted by molar-refractivity contribution is 9.10. The lowest BCUT2D eigenvalue weighted by Crippen LogP contribution is -2.51. The summed E-state index contributed by atoms with van der Waals surface area (Å²) in [6.07, 6.45) is 0. The Kier molecular flexibility index (Phi) is 9.75. The van der Waals surface area contributed by atoms with E-state index in [1.54, 1.807) is 74.5 Å². The highest BCUT2D eigenvalue weighted by Crippen LogP contribution is 2.26. The summed E-state index contributed by atoms with van der Waals surface area (Å²) in [5.74, 6) is -0.869. The number of rotatable bonds is 10. The predicted molar refractivity (Wildman–Crippen MR) is 150 cm³/mol. The molecule has 0 aliphatic rings. The van der Waals surface area contributed by atoms with E-state index in [-0.39, 0.29) is 17.3 Å². The molecule has 1 atom stereocenters. The van der Waals surface area contributed by atoms with Crippen LogP contribution < -0.4 is 9.62 Å². The lowest BCUT2D eigenvalue weighted by atomic mass is 10.1. The average Bonchev–Trinajstić information content (AvgIpc) is 2.86. The van der Waals surface area contributed by atoms with Crippen LogP contribution in [-0.4, -0.2) is 44.3 Å². The van der Waals surface area contributed by atoms with Crippen LogP contribution in [0.3, 0.4) is 0 Å². The van der Waals surface area contributed by atoms with Crippen molar-refractivity contribution >= 4 is 55.1 Å². The van der Waals surface area contributed by atoms with Crippen LogP contribution in [-0.2, 0) is 26.2 Å². The molecule has 0 fully saturated rings. The Bertz CT molecular complexity index is 1350. The van der Waals surface area contributed by atoms with Gasteiger partial charge < -0.3 is 10.2 Å². The SMILES string of the molecule is CCNC(=O)[C@H](C)N(Cc1cccc(Cl)c1)C(=O)CN(c1ccc(Br)cc1)S(=O)(=O)c1ccc(C)cc1. The van der Waals surface area contributed by atoms with E-state index in [9.17, 15) is 18.0 Å². The summed E-state index contributed by atoms with van der Waals surface area (Å²) in [6, 6.07) is 19.2. The van der Waals surface area contributed by atoms with Crippen LogP contribution in [0, 0.1) is 6.92 Å². The van der Waals surface area contributed by atoms with Crippen LogP contribution in [0.15, 0.2) is 82.2 Å². The van der Waals surface area contributed by atoms with Crippen molar-refractivity contribution in [2.24, 2.45) is 0 Å². The molecule has 3 aromatic rings. The first-order chi connectivity index (χ1) is 17.5. The van der Waals surface area contributed by atoms with Crippen molar-refractivity contribution in [1.82, 2.24) is 10.2 Å². The number of anilines is 1. The zero-order valence-corrected chi connectivity index (χ0v) is 24.0. The first kappa shape index (κ1) is 28.7. The maximum atomic E-state index is 13.8. The Balaban J connectivity index is 2.02. The first-order valence-corrected chi connectivity index (χ1v) is 14.3. The van der Waals surface area contributed by atoms with Gasteiger partial charge in [-0.15, -0.1) is 0 Å². The van der Waals surface area contributed by atoms with E-state index >= 15 is 0 Å². The molecule has 0 aliphatic heterocycles. The van der Waals surface area contributed by atoms with Gasteiger partial charge in [-0.05, 0) is 74.9 Å². The molecule has 0 bridgehead atoms.